The average Bonchev–Trinajstić information content (AvgIpc) is 2.18. The number of nitrogens with zero attached hydrogens (tertiary/aromatic N) is 3. The van der Waals surface area contributed by atoms with Crippen molar-refractivity contribution in [1.82, 2.24) is 9.97 Å². The number of rotatable bonds is 4. The van der Waals surface area contributed by atoms with Gasteiger partial charge in [-0.1, -0.05) is 0 Å². The summed E-state index contributed by atoms with van der Waals surface area (Å²) in [5, 5.41) is 0. The highest BCUT2D eigenvalue weighted by molar-refractivity contribution is 5.38. The number of aromatic nitrogens is 2. The second kappa shape index (κ2) is 5.07. The third-order valence-electron chi connectivity index (χ3n) is 2.47. The summed E-state index contributed by atoms with van der Waals surface area (Å²) >= 11 is 0. The molecule has 4 nitrogen and oxygen atoms in total. The molecule has 0 fully saturated rings. The van der Waals surface area contributed by atoms with Crippen LogP contribution in [-0.4, -0.2) is 29.1 Å². The molecule has 0 radical (unpaired) electrons. The molecule has 0 aliphatic heterocycles. The Hall–Kier alpha value is -1.16. The summed E-state index contributed by atoms with van der Waals surface area (Å²) in [5.74, 6) is 0.915. The maximum absolute atomic E-state index is 5.58. The fourth-order valence-electron chi connectivity index (χ4n) is 1.44. The van der Waals surface area contributed by atoms with E-state index in [9.17, 15) is 0 Å². The SMILES string of the molecule is Cc1ncc(N(CCN)C(C)C)nc1C. The first-order chi connectivity index (χ1) is 7.06. The zero-order chi connectivity index (χ0) is 11.4. The molecule has 1 aromatic rings. The van der Waals surface area contributed by atoms with Gasteiger partial charge in [0.25, 0.3) is 0 Å². The molecule has 0 aliphatic carbocycles. The molecule has 0 aromatic carbocycles. The van der Waals surface area contributed by atoms with Crippen molar-refractivity contribution in [3.63, 3.8) is 0 Å². The Labute approximate surface area is 91.5 Å². The Morgan fingerprint density at radius 3 is 2.47 bits per heavy atom. The largest absolute Gasteiger partial charge is 0.352 e. The van der Waals surface area contributed by atoms with Crippen LogP contribution >= 0.6 is 0 Å². The van der Waals surface area contributed by atoms with Crippen molar-refractivity contribution in [2.24, 2.45) is 5.73 Å². The predicted molar refractivity (Wildman–Crippen MR) is 63.0 cm³/mol. The van der Waals surface area contributed by atoms with Crippen molar-refractivity contribution in [2.75, 3.05) is 18.0 Å². The molecular weight excluding hydrogens is 188 g/mol. The van der Waals surface area contributed by atoms with Crippen LogP contribution in [0.2, 0.25) is 0 Å². The molecule has 15 heavy (non-hydrogen) atoms. The van der Waals surface area contributed by atoms with Crippen LogP contribution in [0.25, 0.3) is 0 Å². The molecule has 84 valence electrons. The first-order valence-corrected chi connectivity index (χ1v) is 5.33. The molecule has 0 atom stereocenters. The fraction of sp³-hybridized carbons (Fsp3) is 0.636. The molecule has 0 spiro atoms. The minimum absolute atomic E-state index is 0.393. The summed E-state index contributed by atoms with van der Waals surface area (Å²) in [5.41, 5.74) is 7.55. The van der Waals surface area contributed by atoms with Gasteiger partial charge in [-0.15, -0.1) is 0 Å². The van der Waals surface area contributed by atoms with Crippen molar-refractivity contribution in [3.8, 4) is 0 Å². The van der Waals surface area contributed by atoms with Crippen molar-refractivity contribution in [2.45, 2.75) is 33.7 Å². The van der Waals surface area contributed by atoms with Gasteiger partial charge in [0.1, 0.15) is 5.82 Å². The van der Waals surface area contributed by atoms with Crippen LogP contribution in [0.15, 0.2) is 6.20 Å². The number of aryl methyl sites for hydroxylation is 2. The van der Waals surface area contributed by atoms with Crippen molar-refractivity contribution >= 4 is 5.82 Å². The van der Waals surface area contributed by atoms with Gasteiger partial charge in [-0.25, -0.2) is 4.98 Å². The summed E-state index contributed by atoms with van der Waals surface area (Å²) in [7, 11) is 0. The molecule has 0 aliphatic rings. The van der Waals surface area contributed by atoms with E-state index in [-0.39, 0.29) is 0 Å². The summed E-state index contributed by atoms with van der Waals surface area (Å²) in [4.78, 5) is 11.0. The zero-order valence-corrected chi connectivity index (χ0v) is 9.99. The van der Waals surface area contributed by atoms with Crippen LogP contribution in [0.3, 0.4) is 0 Å². The molecule has 1 heterocycles. The zero-order valence-electron chi connectivity index (χ0n) is 9.99. The Balaban J connectivity index is 2.95. The molecule has 2 N–H and O–H groups in total. The molecule has 0 bridgehead atoms. The van der Waals surface area contributed by atoms with Gasteiger partial charge in [0.15, 0.2) is 0 Å². The van der Waals surface area contributed by atoms with Gasteiger partial charge in [0, 0.05) is 19.1 Å². The van der Waals surface area contributed by atoms with E-state index in [0.29, 0.717) is 12.6 Å². The second-order valence-electron chi connectivity index (χ2n) is 3.97. The highest BCUT2D eigenvalue weighted by Crippen LogP contribution is 2.13. The standard InChI is InChI=1S/C11H20N4/c1-8(2)15(6-5-12)11-7-13-9(3)10(4)14-11/h7-8H,5-6,12H2,1-4H3. The molecular formula is C11H20N4. The van der Waals surface area contributed by atoms with Crippen molar-refractivity contribution in [1.29, 1.82) is 0 Å². The van der Waals surface area contributed by atoms with Gasteiger partial charge in [0.05, 0.1) is 17.6 Å². The summed E-state index contributed by atoms with van der Waals surface area (Å²) in [6, 6.07) is 0.393. The van der Waals surface area contributed by atoms with Gasteiger partial charge in [-0.3, -0.25) is 4.98 Å². The normalized spacial score (nSPS) is 10.8. The Morgan fingerprint density at radius 2 is 2.00 bits per heavy atom. The smallest absolute Gasteiger partial charge is 0.147 e. The lowest BCUT2D eigenvalue weighted by Crippen LogP contribution is -2.36. The number of nitrogens with two attached hydrogens (primary N) is 1. The Morgan fingerprint density at radius 1 is 1.33 bits per heavy atom. The van der Waals surface area contributed by atoms with E-state index in [2.05, 4.69) is 28.7 Å². The minimum Gasteiger partial charge on any atom is -0.352 e. The minimum atomic E-state index is 0.393. The van der Waals surface area contributed by atoms with Crippen LogP contribution in [0.4, 0.5) is 5.82 Å². The van der Waals surface area contributed by atoms with Gasteiger partial charge in [0.2, 0.25) is 0 Å². The molecule has 0 amide bonds. The van der Waals surface area contributed by atoms with Gasteiger partial charge >= 0.3 is 0 Å². The Kier molecular flexibility index (Phi) is 4.03. The average molecular weight is 208 g/mol. The molecule has 0 unspecified atom stereocenters. The van der Waals surface area contributed by atoms with E-state index in [1.54, 1.807) is 0 Å². The molecule has 1 aromatic heterocycles. The molecule has 0 saturated heterocycles. The van der Waals surface area contributed by atoms with Crippen molar-refractivity contribution in [3.05, 3.63) is 17.6 Å². The fourth-order valence-corrected chi connectivity index (χ4v) is 1.44. The third-order valence-corrected chi connectivity index (χ3v) is 2.47. The maximum Gasteiger partial charge on any atom is 0.147 e. The maximum atomic E-state index is 5.58. The van der Waals surface area contributed by atoms with E-state index < -0.39 is 0 Å². The van der Waals surface area contributed by atoms with Crippen LogP contribution < -0.4 is 10.6 Å². The van der Waals surface area contributed by atoms with E-state index >= 15 is 0 Å². The highest BCUT2D eigenvalue weighted by atomic mass is 15.2. The summed E-state index contributed by atoms with van der Waals surface area (Å²) in [6.07, 6.45) is 1.82. The first kappa shape index (κ1) is 11.9. The van der Waals surface area contributed by atoms with Gasteiger partial charge in [-0.05, 0) is 27.7 Å². The predicted octanol–water partition coefficient (Wildman–Crippen LogP) is 1.27. The van der Waals surface area contributed by atoms with E-state index in [4.69, 9.17) is 5.73 Å². The summed E-state index contributed by atoms with van der Waals surface area (Å²) < 4.78 is 0. The lowest BCUT2D eigenvalue weighted by Gasteiger charge is -2.27. The lowest BCUT2D eigenvalue weighted by molar-refractivity contribution is 0.670. The lowest BCUT2D eigenvalue weighted by atomic mass is 10.3. The van der Waals surface area contributed by atoms with E-state index in [1.165, 1.54) is 0 Å². The van der Waals surface area contributed by atoms with Crippen LogP contribution in [-0.2, 0) is 0 Å². The summed E-state index contributed by atoms with van der Waals surface area (Å²) in [6.45, 7) is 9.65. The number of hydrogen-bond donors (Lipinski definition) is 1. The van der Waals surface area contributed by atoms with Crippen LogP contribution in [0.5, 0.6) is 0 Å². The quantitative estimate of drug-likeness (QED) is 0.809. The topological polar surface area (TPSA) is 55.0 Å². The van der Waals surface area contributed by atoms with E-state index in [0.717, 1.165) is 23.8 Å². The van der Waals surface area contributed by atoms with Crippen molar-refractivity contribution < 1.29 is 0 Å². The second-order valence-corrected chi connectivity index (χ2v) is 3.97. The number of anilines is 1. The highest BCUT2D eigenvalue weighted by Gasteiger charge is 2.11. The monoisotopic (exact) mass is 208 g/mol. The van der Waals surface area contributed by atoms with E-state index in [1.807, 2.05) is 20.0 Å². The van der Waals surface area contributed by atoms with Crippen LogP contribution in [0, 0.1) is 13.8 Å². The molecule has 4 heteroatoms. The van der Waals surface area contributed by atoms with Gasteiger partial charge in [-0.2, -0.15) is 0 Å². The van der Waals surface area contributed by atoms with Gasteiger partial charge < -0.3 is 10.6 Å². The number of hydrogen-bond acceptors (Lipinski definition) is 4. The molecule has 0 saturated carbocycles. The van der Waals surface area contributed by atoms with Crippen LogP contribution in [0.1, 0.15) is 25.2 Å². The Bertz CT molecular complexity index is 322. The third kappa shape index (κ3) is 2.89. The molecule has 1 rings (SSSR count). The first-order valence-electron chi connectivity index (χ1n) is 5.33.